The summed E-state index contributed by atoms with van der Waals surface area (Å²) < 4.78 is 0.883. The van der Waals surface area contributed by atoms with Crippen LogP contribution in [0.15, 0.2) is 46.9 Å². The minimum atomic E-state index is -0.235. The summed E-state index contributed by atoms with van der Waals surface area (Å²) in [5, 5.41) is 9.22. The maximum atomic E-state index is 11.2. The average Bonchev–Trinajstić information content (AvgIpc) is 2.50. The van der Waals surface area contributed by atoms with Gasteiger partial charge in [-0.25, -0.2) is 4.79 Å². The van der Waals surface area contributed by atoms with Crippen LogP contribution in [0.3, 0.4) is 0 Å². The van der Waals surface area contributed by atoms with E-state index in [2.05, 4.69) is 31.9 Å². The normalized spacial score (nSPS) is 10.0. The smallest absolute Gasteiger partial charge is 0.318 e. The Morgan fingerprint density at radius 1 is 1.14 bits per heavy atom. The molecular formula is C15H15BrClN3O. The first-order valence-electron chi connectivity index (χ1n) is 6.35. The summed E-state index contributed by atoms with van der Waals surface area (Å²) in [4.78, 5) is 11.2. The molecule has 0 aliphatic carbocycles. The third-order valence-corrected chi connectivity index (χ3v) is 4.06. The highest BCUT2D eigenvalue weighted by Crippen LogP contribution is 2.23. The highest BCUT2D eigenvalue weighted by atomic mass is 79.9. The van der Waals surface area contributed by atoms with Gasteiger partial charge < -0.3 is 16.0 Å². The maximum absolute atomic E-state index is 11.2. The molecule has 0 saturated carbocycles. The molecule has 0 saturated heterocycles. The van der Waals surface area contributed by atoms with Crippen LogP contribution in [0.5, 0.6) is 0 Å². The number of hydrogen-bond donors (Lipinski definition) is 3. The van der Waals surface area contributed by atoms with Crippen molar-refractivity contribution in [3.05, 3.63) is 57.5 Å². The Kier molecular flexibility index (Phi) is 5.47. The Hall–Kier alpha value is -1.72. The second-order valence-electron chi connectivity index (χ2n) is 4.38. The minimum absolute atomic E-state index is 0.235. The van der Waals surface area contributed by atoms with Crippen molar-refractivity contribution < 1.29 is 4.79 Å². The monoisotopic (exact) mass is 367 g/mol. The predicted octanol–water partition coefficient (Wildman–Crippen LogP) is 4.47. The molecule has 0 unspecified atom stereocenters. The molecule has 2 aromatic carbocycles. The number of amides is 2. The van der Waals surface area contributed by atoms with Gasteiger partial charge in [0.15, 0.2) is 0 Å². The molecule has 0 bridgehead atoms. The molecule has 6 heteroatoms. The standard InChI is InChI=1S/C15H15BrClN3O/c1-18-15(21)20-12-5-3-11(4-6-12)19-9-10-2-7-14(17)13(16)8-10/h2-8,19H,9H2,1H3,(H2,18,20,21). The SMILES string of the molecule is CNC(=O)Nc1ccc(NCc2ccc(Cl)c(Br)c2)cc1. The van der Waals surface area contributed by atoms with Gasteiger partial charge in [-0.05, 0) is 57.9 Å². The number of rotatable bonds is 4. The van der Waals surface area contributed by atoms with Gasteiger partial charge in [0.1, 0.15) is 0 Å². The van der Waals surface area contributed by atoms with E-state index in [4.69, 9.17) is 11.6 Å². The summed E-state index contributed by atoms with van der Waals surface area (Å²) in [7, 11) is 1.58. The Morgan fingerprint density at radius 3 is 2.43 bits per heavy atom. The largest absolute Gasteiger partial charge is 0.381 e. The first kappa shape index (κ1) is 15.7. The van der Waals surface area contributed by atoms with Gasteiger partial charge in [-0.2, -0.15) is 0 Å². The van der Waals surface area contributed by atoms with Gasteiger partial charge in [0.25, 0.3) is 0 Å². The van der Waals surface area contributed by atoms with Gasteiger partial charge >= 0.3 is 6.03 Å². The van der Waals surface area contributed by atoms with E-state index in [0.717, 1.165) is 21.4 Å². The Morgan fingerprint density at radius 2 is 1.81 bits per heavy atom. The molecule has 0 aliphatic rings. The van der Waals surface area contributed by atoms with E-state index < -0.39 is 0 Å². The Bertz CT molecular complexity index is 631. The molecule has 2 aromatic rings. The highest BCUT2D eigenvalue weighted by Gasteiger charge is 2.01. The predicted molar refractivity (Wildman–Crippen MR) is 91.0 cm³/mol. The fraction of sp³-hybridized carbons (Fsp3) is 0.133. The van der Waals surface area contributed by atoms with Crippen LogP contribution in [0, 0.1) is 0 Å². The number of nitrogens with one attached hydrogen (secondary N) is 3. The van der Waals surface area contributed by atoms with E-state index in [1.165, 1.54) is 0 Å². The number of urea groups is 1. The number of anilines is 2. The maximum Gasteiger partial charge on any atom is 0.318 e. The quantitative estimate of drug-likeness (QED) is 0.746. The van der Waals surface area contributed by atoms with E-state index in [-0.39, 0.29) is 6.03 Å². The van der Waals surface area contributed by atoms with Crippen LogP contribution in [0.4, 0.5) is 16.2 Å². The van der Waals surface area contributed by atoms with Crippen molar-refractivity contribution >= 4 is 44.9 Å². The third-order valence-electron chi connectivity index (χ3n) is 2.85. The third kappa shape index (κ3) is 4.65. The van der Waals surface area contributed by atoms with Gasteiger partial charge in [0.05, 0.1) is 5.02 Å². The lowest BCUT2D eigenvalue weighted by Gasteiger charge is -2.09. The number of halogens is 2. The number of carbonyl (C=O) groups excluding carboxylic acids is 1. The van der Waals surface area contributed by atoms with Crippen LogP contribution in [-0.2, 0) is 6.54 Å². The molecule has 4 nitrogen and oxygen atoms in total. The Balaban J connectivity index is 1.94. The lowest BCUT2D eigenvalue weighted by atomic mass is 10.2. The lowest BCUT2D eigenvalue weighted by Crippen LogP contribution is -2.24. The number of hydrogen-bond acceptors (Lipinski definition) is 2. The zero-order chi connectivity index (χ0) is 15.2. The number of benzene rings is 2. The van der Waals surface area contributed by atoms with Gasteiger partial charge in [-0.15, -0.1) is 0 Å². The first-order valence-corrected chi connectivity index (χ1v) is 7.52. The topological polar surface area (TPSA) is 53.2 Å². The van der Waals surface area contributed by atoms with E-state index in [0.29, 0.717) is 11.6 Å². The van der Waals surface area contributed by atoms with Crippen LogP contribution >= 0.6 is 27.5 Å². The van der Waals surface area contributed by atoms with E-state index in [1.807, 2.05) is 42.5 Å². The fourth-order valence-electron chi connectivity index (χ4n) is 1.72. The van der Waals surface area contributed by atoms with Crippen LogP contribution in [0.2, 0.25) is 5.02 Å². The summed E-state index contributed by atoms with van der Waals surface area (Å²) in [6.07, 6.45) is 0. The van der Waals surface area contributed by atoms with Gasteiger partial charge in [-0.1, -0.05) is 17.7 Å². The van der Waals surface area contributed by atoms with E-state index >= 15 is 0 Å². The van der Waals surface area contributed by atoms with Crippen LogP contribution < -0.4 is 16.0 Å². The molecule has 0 heterocycles. The van der Waals surface area contributed by atoms with Crippen LogP contribution in [-0.4, -0.2) is 13.1 Å². The van der Waals surface area contributed by atoms with Crippen molar-refractivity contribution in [2.75, 3.05) is 17.7 Å². The lowest BCUT2D eigenvalue weighted by molar-refractivity contribution is 0.254. The highest BCUT2D eigenvalue weighted by molar-refractivity contribution is 9.10. The molecule has 0 fully saturated rings. The molecule has 0 aromatic heterocycles. The van der Waals surface area contributed by atoms with Gasteiger partial charge in [0, 0.05) is 29.4 Å². The molecule has 0 spiro atoms. The molecule has 0 atom stereocenters. The first-order chi connectivity index (χ1) is 10.1. The van der Waals surface area contributed by atoms with Crippen LogP contribution in [0.25, 0.3) is 0 Å². The second kappa shape index (κ2) is 7.33. The number of carbonyl (C=O) groups is 1. The van der Waals surface area contributed by atoms with Crippen molar-refractivity contribution in [3.8, 4) is 0 Å². The summed E-state index contributed by atoms with van der Waals surface area (Å²) in [6.45, 7) is 0.692. The molecule has 110 valence electrons. The van der Waals surface area contributed by atoms with Crippen LogP contribution in [0.1, 0.15) is 5.56 Å². The summed E-state index contributed by atoms with van der Waals surface area (Å²) in [5.41, 5.74) is 2.84. The average molecular weight is 369 g/mol. The molecule has 0 aliphatic heterocycles. The molecule has 3 N–H and O–H groups in total. The summed E-state index contributed by atoms with van der Waals surface area (Å²) in [5.74, 6) is 0. The Labute approximate surface area is 137 Å². The van der Waals surface area contributed by atoms with Crippen molar-refractivity contribution in [1.29, 1.82) is 0 Å². The van der Waals surface area contributed by atoms with Crippen molar-refractivity contribution in [2.45, 2.75) is 6.54 Å². The summed E-state index contributed by atoms with van der Waals surface area (Å²) in [6, 6.07) is 13.1. The molecule has 21 heavy (non-hydrogen) atoms. The van der Waals surface area contributed by atoms with Crippen molar-refractivity contribution in [3.63, 3.8) is 0 Å². The zero-order valence-corrected chi connectivity index (χ0v) is 13.8. The molecular weight excluding hydrogens is 354 g/mol. The molecule has 2 amide bonds. The van der Waals surface area contributed by atoms with Gasteiger partial charge in [0.2, 0.25) is 0 Å². The van der Waals surface area contributed by atoms with Crippen molar-refractivity contribution in [1.82, 2.24) is 5.32 Å². The fourth-order valence-corrected chi connectivity index (χ4v) is 2.26. The zero-order valence-electron chi connectivity index (χ0n) is 11.4. The molecule has 2 rings (SSSR count). The van der Waals surface area contributed by atoms with E-state index in [9.17, 15) is 4.79 Å². The minimum Gasteiger partial charge on any atom is -0.381 e. The molecule has 0 radical (unpaired) electrons. The summed E-state index contributed by atoms with van der Waals surface area (Å²) >= 11 is 9.37. The van der Waals surface area contributed by atoms with E-state index in [1.54, 1.807) is 7.05 Å². The second-order valence-corrected chi connectivity index (χ2v) is 5.65. The van der Waals surface area contributed by atoms with Crippen molar-refractivity contribution in [2.24, 2.45) is 0 Å². The van der Waals surface area contributed by atoms with Gasteiger partial charge in [-0.3, -0.25) is 0 Å².